The molecule has 0 bridgehead atoms. The molecule has 0 radical (unpaired) electrons. The van der Waals surface area contributed by atoms with Crippen LogP contribution < -0.4 is 10.3 Å². The largest absolute Gasteiger partial charge is 0.450 e. The summed E-state index contributed by atoms with van der Waals surface area (Å²) in [7, 11) is 0. The van der Waals surface area contributed by atoms with E-state index < -0.39 is 23.2 Å². The van der Waals surface area contributed by atoms with Crippen LogP contribution in [0.25, 0.3) is 11.0 Å². The number of carbonyl (C=O) groups excluding carboxylic acids is 1. The maximum absolute atomic E-state index is 13.8. The highest BCUT2D eigenvalue weighted by Gasteiger charge is 2.44. The lowest BCUT2D eigenvalue weighted by Gasteiger charge is -2.24. The van der Waals surface area contributed by atoms with Crippen molar-refractivity contribution in [2.45, 2.75) is 13.0 Å². The Balaban J connectivity index is 1.84. The molecule has 2 aromatic heterocycles. The van der Waals surface area contributed by atoms with Gasteiger partial charge < -0.3 is 4.42 Å². The lowest BCUT2D eigenvalue weighted by atomic mass is 9.98. The zero-order valence-corrected chi connectivity index (χ0v) is 17.3. The van der Waals surface area contributed by atoms with Crippen LogP contribution >= 0.6 is 15.9 Å². The van der Waals surface area contributed by atoms with E-state index in [4.69, 9.17) is 4.42 Å². The number of hydrogen-bond donors (Lipinski definition) is 0. The van der Waals surface area contributed by atoms with Gasteiger partial charge in [0.25, 0.3) is 5.91 Å². The van der Waals surface area contributed by atoms with Crippen LogP contribution in [0, 0.1) is 12.7 Å². The Bertz CT molecular complexity index is 1400. The number of fused-ring (bicyclic) bond motifs is 2. The Morgan fingerprint density at radius 1 is 1.10 bits per heavy atom. The van der Waals surface area contributed by atoms with Crippen LogP contribution in [0.2, 0.25) is 0 Å². The van der Waals surface area contributed by atoms with Crippen LogP contribution in [-0.4, -0.2) is 10.9 Å². The number of aryl methyl sites for hydroxylation is 1. The third-order valence-electron chi connectivity index (χ3n) is 5.14. The van der Waals surface area contributed by atoms with Crippen molar-refractivity contribution >= 4 is 38.6 Å². The van der Waals surface area contributed by atoms with Gasteiger partial charge in [-0.05, 0) is 60.5 Å². The van der Waals surface area contributed by atoms with E-state index in [-0.39, 0.29) is 22.3 Å². The summed E-state index contributed by atoms with van der Waals surface area (Å²) in [6.07, 6.45) is 1.61. The molecule has 0 saturated carbocycles. The van der Waals surface area contributed by atoms with Gasteiger partial charge in [0.05, 0.1) is 17.0 Å². The lowest BCUT2D eigenvalue weighted by molar-refractivity contribution is 0.0970. The standard InChI is InChI=1S/C23H14BrFN2O3/c1-12-7-8-26-18(9-12)27-20(13-3-2-4-14(24)10-13)19-21(28)16-11-15(25)5-6-17(16)30-22(19)23(27)29/h2-11,20H,1H3/t20-/m0/s1. The number of hydrogen-bond acceptors (Lipinski definition) is 4. The topological polar surface area (TPSA) is 63.4 Å². The number of halogens is 2. The number of carbonyl (C=O) groups is 1. The third-order valence-corrected chi connectivity index (χ3v) is 5.64. The van der Waals surface area contributed by atoms with Crippen molar-refractivity contribution in [2.75, 3.05) is 4.90 Å². The Morgan fingerprint density at radius 2 is 1.93 bits per heavy atom. The fourth-order valence-corrected chi connectivity index (χ4v) is 4.24. The van der Waals surface area contributed by atoms with Crippen LogP contribution in [0.5, 0.6) is 0 Å². The van der Waals surface area contributed by atoms with Gasteiger partial charge in [0.1, 0.15) is 17.2 Å². The number of nitrogens with zero attached hydrogens (tertiary/aromatic N) is 2. The first-order valence-corrected chi connectivity index (χ1v) is 10.0. The second-order valence-corrected chi connectivity index (χ2v) is 8.05. The van der Waals surface area contributed by atoms with Crippen molar-refractivity contribution in [1.82, 2.24) is 4.98 Å². The van der Waals surface area contributed by atoms with Crippen molar-refractivity contribution in [3.8, 4) is 0 Å². The monoisotopic (exact) mass is 464 g/mol. The van der Waals surface area contributed by atoms with Crippen LogP contribution in [-0.2, 0) is 0 Å². The maximum atomic E-state index is 13.8. The van der Waals surface area contributed by atoms with E-state index in [2.05, 4.69) is 20.9 Å². The number of benzene rings is 2. The van der Waals surface area contributed by atoms with E-state index in [1.165, 1.54) is 17.0 Å². The number of pyridine rings is 1. The van der Waals surface area contributed by atoms with Crippen molar-refractivity contribution in [3.05, 3.63) is 104 Å². The van der Waals surface area contributed by atoms with E-state index in [1.807, 2.05) is 37.3 Å². The smallest absolute Gasteiger partial charge is 0.296 e. The summed E-state index contributed by atoms with van der Waals surface area (Å²) in [5, 5.41) is 0.0978. The Kier molecular flexibility index (Phi) is 4.29. The summed E-state index contributed by atoms with van der Waals surface area (Å²) in [6, 6.07) is 13.9. The summed E-state index contributed by atoms with van der Waals surface area (Å²) >= 11 is 3.45. The van der Waals surface area contributed by atoms with Crippen LogP contribution in [0.3, 0.4) is 0 Å². The molecule has 7 heteroatoms. The molecular formula is C23H14BrFN2O3. The van der Waals surface area contributed by atoms with Gasteiger partial charge in [-0.1, -0.05) is 28.1 Å². The lowest BCUT2D eigenvalue weighted by Crippen LogP contribution is -2.30. The summed E-state index contributed by atoms with van der Waals surface area (Å²) in [6.45, 7) is 1.90. The van der Waals surface area contributed by atoms with Crippen molar-refractivity contribution in [1.29, 1.82) is 0 Å². The van der Waals surface area contributed by atoms with Crippen LogP contribution in [0.15, 0.2) is 74.5 Å². The highest BCUT2D eigenvalue weighted by Crippen LogP contribution is 2.41. The molecule has 0 aliphatic carbocycles. The molecule has 5 nitrogen and oxygen atoms in total. The molecule has 1 aliphatic heterocycles. The SMILES string of the molecule is Cc1ccnc(N2C(=O)c3oc4ccc(F)cc4c(=O)c3[C@@H]2c2cccc(Br)c2)c1. The second-order valence-electron chi connectivity index (χ2n) is 7.14. The van der Waals surface area contributed by atoms with E-state index in [0.717, 1.165) is 16.1 Å². The minimum atomic E-state index is -0.747. The molecule has 1 aliphatic rings. The Morgan fingerprint density at radius 3 is 2.70 bits per heavy atom. The summed E-state index contributed by atoms with van der Waals surface area (Å²) < 4.78 is 20.4. The van der Waals surface area contributed by atoms with Gasteiger partial charge in [0.2, 0.25) is 5.76 Å². The summed E-state index contributed by atoms with van der Waals surface area (Å²) in [5.41, 5.74) is 1.55. The molecule has 1 atom stereocenters. The zero-order valence-electron chi connectivity index (χ0n) is 15.7. The molecule has 4 aromatic rings. The van der Waals surface area contributed by atoms with Crippen molar-refractivity contribution < 1.29 is 13.6 Å². The predicted molar refractivity (Wildman–Crippen MR) is 114 cm³/mol. The minimum Gasteiger partial charge on any atom is -0.450 e. The van der Waals surface area contributed by atoms with Crippen molar-refractivity contribution in [3.63, 3.8) is 0 Å². The van der Waals surface area contributed by atoms with Gasteiger partial charge in [-0.15, -0.1) is 0 Å². The van der Waals surface area contributed by atoms with Crippen LogP contribution in [0.1, 0.15) is 33.3 Å². The van der Waals surface area contributed by atoms with E-state index in [9.17, 15) is 14.0 Å². The molecule has 0 saturated heterocycles. The average molecular weight is 465 g/mol. The highest BCUT2D eigenvalue weighted by molar-refractivity contribution is 9.10. The molecule has 2 aromatic carbocycles. The molecule has 1 amide bonds. The van der Waals surface area contributed by atoms with E-state index in [0.29, 0.717) is 11.4 Å². The fourth-order valence-electron chi connectivity index (χ4n) is 3.83. The molecule has 0 unspecified atom stereocenters. The molecule has 0 fully saturated rings. The third kappa shape index (κ3) is 2.85. The first-order chi connectivity index (χ1) is 14.4. The predicted octanol–water partition coefficient (Wildman–Crippen LogP) is 5.15. The molecular weight excluding hydrogens is 451 g/mol. The van der Waals surface area contributed by atoms with Gasteiger partial charge in [-0.2, -0.15) is 0 Å². The quantitative estimate of drug-likeness (QED) is 0.411. The molecule has 3 heterocycles. The number of amides is 1. The highest BCUT2D eigenvalue weighted by atomic mass is 79.9. The molecule has 30 heavy (non-hydrogen) atoms. The van der Waals surface area contributed by atoms with Gasteiger partial charge in [-0.3, -0.25) is 14.5 Å². The Hall–Kier alpha value is -3.32. The summed E-state index contributed by atoms with van der Waals surface area (Å²) in [5.74, 6) is -0.648. The first-order valence-electron chi connectivity index (χ1n) is 9.22. The number of aromatic nitrogens is 1. The minimum absolute atomic E-state index is 0.0487. The van der Waals surface area contributed by atoms with Gasteiger partial charge in [0, 0.05) is 10.7 Å². The van der Waals surface area contributed by atoms with Gasteiger partial charge in [0.15, 0.2) is 5.43 Å². The number of rotatable bonds is 2. The van der Waals surface area contributed by atoms with E-state index >= 15 is 0 Å². The summed E-state index contributed by atoms with van der Waals surface area (Å²) in [4.78, 5) is 32.6. The second kappa shape index (κ2) is 6.88. The van der Waals surface area contributed by atoms with Gasteiger partial charge >= 0.3 is 0 Å². The molecule has 5 rings (SSSR count). The molecule has 148 valence electrons. The normalized spacial score (nSPS) is 15.6. The van der Waals surface area contributed by atoms with Crippen molar-refractivity contribution in [2.24, 2.45) is 0 Å². The fraction of sp³-hybridized carbons (Fsp3) is 0.0870. The zero-order chi connectivity index (χ0) is 21.0. The molecule has 0 spiro atoms. The average Bonchev–Trinajstić information content (AvgIpc) is 3.01. The number of anilines is 1. The maximum Gasteiger partial charge on any atom is 0.296 e. The first kappa shape index (κ1) is 18.7. The van der Waals surface area contributed by atoms with E-state index in [1.54, 1.807) is 12.3 Å². The molecule has 0 N–H and O–H groups in total. The van der Waals surface area contributed by atoms with Crippen LogP contribution in [0.4, 0.5) is 10.2 Å². The Labute approximate surface area is 178 Å². The van der Waals surface area contributed by atoms with Gasteiger partial charge in [-0.25, -0.2) is 9.37 Å².